The van der Waals surface area contributed by atoms with E-state index in [0.29, 0.717) is 6.54 Å². The van der Waals surface area contributed by atoms with E-state index in [-0.39, 0.29) is 5.82 Å². The monoisotopic (exact) mass is 291 g/mol. The summed E-state index contributed by atoms with van der Waals surface area (Å²) >= 11 is 0. The highest BCUT2D eigenvalue weighted by molar-refractivity contribution is 6.55. The van der Waals surface area contributed by atoms with E-state index in [2.05, 4.69) is 0 Å². The minimum absolute atomic E-state index is 0.258. The van der Waals surface area contributed by atoms with Crippen LogP contribution in [0.5, 0.6) is 0 Å². The van der Waals surface area contributed by atoms with Crippen molar-refractivity contribution in [1.29, 1.82) is 0 Å². The molecule has 0 unspecified atom stereocenters. The van der Waals surface area contributed by atoms with Gasteiger partial charge in [-0.15, -0.1) is 0 Å². The second-order valence-corrected chi connectivity index (χ2v) is 6.57. The molecule has 1 saturated heterocycles. The SMILES string of the molecule is Cc1cc(F)cc(C=C(CN)B2OC(C)(C)C(C)(C)O2)c1. The van der Waals surface area contributed by atoms with E-state index in [1.165, 1.54) is 12.1 Å². The Bertz CT molecular complexity index is 533. The molecule has 21 heavy (non-hydrogen) atoms. The first-order valence-electron chi connectivity index (χ1n) is 7.18. The van der Waals surface area contributed by atoms with E-state index in [1.54, 1.807) is 0 Å². The minimum Gasteiger partial charge on any atom is -0.400 e. The van der Waals surface area contributed by atoms with Gasteiger partial charge in [-0.3, -0.25) is 0 Å². The summed E-state index contributed by atoms with van der Waals surface area (Å²) in [7, 11) is -0.497. The van der Waals surface area contributed by atoms with Gasteiger partial charge in [-0.05, 0) is 63.4 Å². The van der Waals surface area contributed by atoms with Gasteiger partial charge in [0.2, 0.25) is 0 Å². The normalized spacial score (nSPS) is 20.9. The highest BCUT2D eigenvalue weighted by Crippen LogP contribution is 2.38. The number of rotatable bonds is 3. The first-order chi connectivity index (χ1) is 9.64. The highest BCUT2D eigenvalue weighted by atomic mass is 19.1. The van der Waals surface area contributed by atoms with Crippen LogP contribution in [-0.2, 0) is 9.31 Å². The summed E-state index contributed by atoms with van der Waals surface area (Å²) < 4.78 is 25.5. The fourth-order valence-corrected chi connectivity index (χ4v) is 2.28. The van der Waals surface area contributed by atoms with Crippen molar-refractivity contribution in [3.63, 3.8) is 0 Å². The molecule has 3 nitrogen and oxygen atoms in total. The van der Waals surface area contributed by atoms with E-state index in [1.807, 2.05) is 46.8 Å². The molecule has 0 atom stereocenters. The number of aryl methyl sites for hydroxylation is 1. The van der Waals surface area contributed by atoms with Gasteiger partial charge in [-0.2, -0.15) is 0 Å². The number of nitrogens with two attached hydrogens (primary N) is 1. The summed E-state index contributed by atoms with van der Waals surface area (Å²) in [6, 6.07) is 4.88. The van der Waals surface area contributed by atoms with Crippen molar-refractivity contribution in [1.82, 2.24) is 0 Å². The van der Waals surface area contributed by atoms with Crippen molar-refractivity contribution >= 4 is 13.2 Å². The maximum Gasteiger partial charge on any atom is 0.491 e. The van der Waals surface area contributed by atoms with Gasteiger partial charge >= 0.3 is 7.12 Å². The van der Waals surface area contributed by atoms with Crippen LogP contribution in [0.15, 0.2) is 23.7 Å². The van der Waals surface area contributed by atoms with Gasteiger partial charge in [0, 0.05) is 6.54 Å². The fourth-order valence-electron chi connectivity index (χ4n) is 2.28. The second-order valence-electron chi connectivity index (χ2n) is 6.57. The van der Waals surface area contributed by atoms with Crippen LogP contribution in [0.1, 0.15) is 38.8 Å². The largest absolute Gasteiger partial charge is 0.491 e. The van der Waals surface area contributed by atoms with Crippen LogP contribution < -0.4 is 5.73 Å². The van der Waals surface area contributed by atoms with Crippen LogP contribution in [-0.4, -0.2) is 24.9 Å². The number of halogens is 1. The van der Waals surface area contributed by atoms with Crippen LogP contribution in [0.2, 0.25) is 0 Å². The Morgan fingerprint density at radius 2 is 1.76 bits per heavy atom. The maximum absolute atomic E-state index is 13.5. The molecule has 1 aliphatic heterocycles. The fraction of sp³-hybridized carbons (Fsp3) is 0.500. The summed E-state index contributed by atoms with van der Waals surface area (Å²) in [6.07, 6.45) is 1.85. The molecular formula is C16H23BFNO2. The molecule has 1 aromatic carbocycles. The predicted octanol–water partition coefficient (Wildman–Crippen LogP) is 3.11. The minimum atomic E-state index is -0.497. The molecule has 1 fully saturated rings. The molecule has 0 spiro atoms. The average Bonchev–Trinajstić information content (AvgIpc) is 2.54. The van der Waals surface area contributed by atoms with E-state index in [0.717, 1.165) is 16.6 Å². The lowest BCUT2D eigenvalue weighted by Gasteiger charge is -2.32. The number of hydrogen-bond acceptors (Lipinski definition) is 3. The molecule has 0 amide bonds. The van der Waals surface area contributed by atoms with Gasteiger partial charge in [0.1, 0.15) is 5.82 Å². The molecule has 1 aromatic rings. The third-order valence-corrected chi connectivity index (χ3v) is 4.21. The number of benzene rings is 1. The van der Waals surface area contributed by atoms with E-state index < -0.39 is 18.3 Å². The zero-order chi connectivity index (χ0) is 15.8. The molecular weight excluding hydrogens is 268 g/mol. The standard InChI is InChI=1S/C16H23BFNO2/c1-11-6-12(9-14(18)7-11)8-13(10-19)17-20-15(2,3)16(4,5)21-17/h6-9H,10,19H2,1-5H3. The first-order valence-corrected chi connectivity index (χ1v) is 7.18. The topological polar surface area (TPSA) is 44.5 Å². The molecule has 0 saturated carbocycles. The van der Waals surface area contributed by atoms with Crippen molar-refractivity contribution in [3.05, 3.63) is 40.6 Å². The Kier molecular flexibility index (Phi) is 4.29. The van der Waals surface area contributed by atoms with Crippen LogP contribution in [0.3, 0.4) is 0 Å². The Morgan fingerprint density at radius 1 is 1.19 bits per heavy atom. The quantitative estimate of drug-likeness (QED) is 0.870. The average molecular weight is 291 g/mol. The van der Waals surface area contributed by atoms with E-state index in [4.69, 9.17) is 15.0 Å². The van der Waals surface area contributed by atoms with Crippen molar-refractivity contribution < 1.29 is 13.7 Å². The van der Waals surface area contributed by atoms with Crippen molar-refractivity contribution in [2.24, 2.45) is 5.73 Å². The summed E-state index contributed by atoms with van der Waals surface area (Å²) in [5.74, 6) is -0.258. The molecule has 0 radical (unpaired) electrons. The van der Waals surface area contributed by atoms with Crippen molar-refractivity contribution in [2.75, 3.05) is 6.54 Å². The van der Waals surface area contributed by atoms with Gasteiger partial charge in [-0.1, -0.05) is 12.1 Å². The van der Waals surface area contributed by atoms with Gasteiger partial charge < -0.3 is 15.0 Å². The van der Waals surface area contributed by atoms with Crippen molar-refractivity contribution in [3.8, 4) is 0 Å². The Balaban J connectivity index is 2.30. The third-order valence-electron chi connectivity index (χ3n) is 4.21. The van der Waals surface area contributed by atoms with Crippen LogP contribution >= 0.6 is 0 Å². The molecule has 2 N–H and O–H groups in total. The molecule has 0 bridgehead atoms. The third kappa shape index (κ3) is 3.36. The van der Waals surface area contributed by atoms with E-state index >= 15 is 0 Å². The van der Waals surface area contributed by atoms with E-state index in [9.17, 15) is 4.39 Å². The number of hydrogen-bond donors (Lipinski definition) is 1. The molecule has 5 heteroatoms. The molecule has 1 aliphatic rings. The molecule has 114 valence electrons. The van der Waals surface area contributed by atoms with Crippen LogP contribution in [0.25, 0.3) is 6.08 Å². The van der Waals surface area contributed by atoms with Gasteiger partial charge in [0.05, 0.1) is 11.2 Å². The summed E-state index contributed by atoms with van der Waals surface area (Å²) in [6.45, 7) is 10.1. The second kappa shape index (κ2) is 5.56. The van der Waals surface area contributed by atoms with Gasteiger partial charge in [-0.25, -0.2) is 4.39 Å². The molecule has 2 rings (SSSR count). The Labute approximate surface area is 126 Å². The zero-order valence-corrected chi connectivity index (χ0v) is 13.4. The maximum atomic E-state index is 13.5. The van der Waals surface area contributed by atoms with Crippen molar-refractivity contribution in [2.45, 2.75) is 45.8 Å². The van der Waals surface area contributed by atoms with Crippen LogP contribution in [0.4, 0.5) is 4.39 Å². The lowest BCUT2D eigenvalue weighted by molar-refractivity contribution is 0.00578. The lowest BCUT2D eigenvalue weighted by atomic mass is 9.77. The summed E-state index contributed by atoms with van der Waals surface area (Å²) in [5, 5.41) is 0. The molecule has 1 heterocycles. The summed E-state index contributed by atoms with van der Waals surface area (Å²) in [4.78, 5) is 0. The van der Waals surface area contributed by atoms with Crippen LogP contribution in [0, 0.1) is 12.7 Å². The highest BCUT2D eigenvalue weighted by Gasteiger charge is 2.52. The molecule has 0 aliphatic carbocycles. The smallest absolute Gasteiger partial charge is 0.400 e. The lowest BCUT2D eigenvalue weighted by Crippen LogP contribution is -2.41. The zero-order valence-electron chi connectivity index (χ0n) is 13.4. The summed E-state index contributed by atoms with van der Waals surface area (Å²) in [5.41, 5.74) is 7.44. The predicted molar refractivity (Wildman–Crippen MR) is 84.3 cm³/mol. The molecule has 0 aromatic heterocycles. The Hall–Kier alpha value is -1.17. The van der Waals surface area contributed by atoms with Gasteiger partial charge in [0.25, 0.3) is 0 Å². The first kappa shape index (κ1) is 16.2. The van der Waals surface area contributed by atoms with Gasteiger partial charge in [0.15, 0.2) is 0 Å². The Morgan fingerprint density at radius 3 is 2.24 bits per heavy atom.